The van der Waals surface area contributed by atoms with Crippen molar-refractivity contribution in [1.82, 2.24) is 9.80 Å². The zero-order valence-electron chi connectivity index (χ0n) is 25.3. The molecule has 2 atom stereocenters. The molecule has 4 aliphatic rings. The Hall–Kier alpha value is -1.14. The van der Waals surface area contributed by atoms with Crippen LogP contribution in [0, 0.1) is 0 Å². The fraction of sp³-hybridized carbons (Fsp3) is 0.939. The van der Waals surface area contributed by atoms with E-state index in [2.05, 4.69) is 9.80 Å². The minimum absolute atomic E-state index is 0.0774. The molecule has 224 valence electrons. The van der Waals surface area contributed by atoms with Crippen LogP contribution in [0.3, 0.4) is 0 Å². The summed E-state index contributed by atoms with van der Waals surface area (Å²) >= 11 is 0. The molecule has 0 aromatic heterocycles. The molecule has 0 saturated heterocycles. The average molecular weight is 547 g/mol. The van der Waals surface area contributed by atoms with E-state index in [-0.39, 0.29) is 37.2 Å². The van der Waals surface area contributed by atoms with E-state index in [1.165, 1.54) is 77.0 Å². The fourth-order valence-corrected chi connectivity index (χ4v) is 8.03. The summed E-state index contributed by atoms with van der Waals surface area (Å²) in [6.07, 6.45) is 24.9. The van der Waals surface area contributed by atoms with Gasteiger partial charge in [-0.2, -0.15) is 0 Å². The molecule has 39 heavy (non-hydrogen) atoms. The van der Waals surface area contributed by atoms with Gasteiger partial charge in [-0.05, 0) is 71.6 Å². The molecule has 0 radical (unpaired) electrons. The van der Waals surface area contributed by atoms with Crippen molar-refractivity contribution in [3.05, 3.63) is 0 Å². The normalized spacial score (nSPS) is 24.3. The topological polar surface area (TPSA) is 59.1 Å². The van der Waals surface area contributed by atoms with Crippen molar-refractivity contribution < 1.29 is 19.1 Å². The minimum atomic E-state index is -0.0774. The number of amides is 2. The molecule has 0 N–H and O–H groups in total. The average Bonchev–Trinajstić information content (AvgIpc) is 2.97. The molecule has 0 aromatic rings. The van der Waals surface area contributed by atoms with Crippen molar-refractivity contribution in [3.8, 4) is 0 Å². The van der Waals surface area contributed by atoms with Gasteiger partial charge in [-0.25, -0.2) is 0 Å². The van der Waals surface area contributed by atoms with Gasteiger partial charge >= 0.3 is 0 Å². The molecule has 0 aliphatic heterocycles. The van der Waals surface area contributed by atoms with E-state index in [0.29, 0.717) is 30.6 Å². The first kappa shape index (κ1) is 30.8. The second kappa shape index (κ2) is 16.3. The third kappa shape index (κ3) is 9.45. The minimum Gasteiger partial charge on any atom is -0.369 e. The summed E-state index contributed by atoms with van der Waals surface area (Å²) in [4.78, 5) is 31.4. The van der Waals surface area contributed by atoms with Crippen LogP contribution >= 0.6 is 0 Å². The van der Waals surface area contributed by atoms with E-state index < -0.39 is 0 Å². The number of hydrogen-bond acceptors (Lipinski definition) is 4. The molecule has 2 unspecified atom stereocenters. The first-order valence-electron chi connectivity index (χ1n) is 16.9. The molecular weight excluding hydrogens is 488 g/mol. The highest BCUT2D eigenvalue weighted by Gasteiger charge is 2.34. The number of rotatable bonds is 12. The second-order valence-corrected chi connectivity index (χ2v) is 13.2. The maximum atomic E-state index is 13.4. The summed E-state index contributed by atoms with van der Waals surface area (Å²) in [7, 11) is 0. The van der Waals surface area contributed by atoms with Crippen LogP contribution in [0.15, 0.2) is 0 Å². The quantitative estimate of drug-likeness (QED) is 0.260. The predicted octanol–water partition coefficient (Wildman–Crippen LogP) is 7.17. The van der Waals surface area contributed by atoms with Crippen molar-refractivity contribution in [1.29, 1.82) is 0 Å². The molecule has 0 heterocycles. The Kier molecular flexibility index (Phi) is 12.9. The molecule has 6 heteroatoms. The molecule has 4 saturated carbocycles. The zero-order valence-corrected chi connectivity index (χ0v) is 25.3. The SMILES string of the molecule is CC(CC(C)OCC(=O)N(C1CCCCC1)C1CCCCC1)OCC(=O)N(C1CCCCC1)C1CCCCC1. The standard InChI is InChI=1S/C33H58N2O4/c1-26(38-24-32(36)34(28-15-7-3-8-16-28)29-17-9-4-10-18-29)23-27(2)39-25-33(37)35(30-19-11-5-12-20-30)31-21-13-6-14-22-31/h26-31H,3-25H2,1-2H3. The van der Waals surface area contributed by atoms with Gasteiger partial charge in [0.1, 0.15) is 13.2 Å². The summed E-state index contributed by atoms with van der Waals surface area (Å²) in [6.45, 7) is 4.40. The van der Waals surface area contributed by atoms with E-state index in [9.17, 15) is 9.59 Å². The highest BCUT2D eigenvalue weighted by Crippen LogP contribution is 2.32. The Bertz CT molecular complexity index is 625. The molecule has 0 aromatic carbocycles. The van der Waals surface area contributed by atoms with Crippen molar-refractivity contribution in [3.63, 3.8) is 0 Å². The van der Waals surface area contributed by atoms with Gasteiger partial charge in [-0.15, -0.1) is 0 Å². The molecule has 6 nitrogen and oxygen atoms in total. The third-order valence-electron chi connectivity index (χ3n) is 10.1. The first-order valence-corrected chi connectivity index (χ1v) is 16.9. The van der Waals surface area contributed by atoms with Crippen LogP contribution in [0.4, 0.5) is 0 Å². The smallest absolute Gasteiger partial charge is 0.249 e. The van der Waals surface area contributed by atoms with Gasteiger partial charge in [0.2, 0.25) is 11.8 Å². The van der Waals surface area contributed by atoms with Gasteiger partial charge in [0.25, 0.3) is 0 Å². The van der Waals surface area contributed by atoms with Crippen molar-refractivity contribution in [2.75, 3.05) is 13.2 Å². The van der Waals surface area contributed by atoms with Gasteiger partial charge in [0, 0.05) is 24.2 Å². The summed E-state index contributed by atoms with van der Waals surface area (Å²) in [5, 5.41) is 0. The largest absolute Gasteiger partial charge is 0.369 e. The van der Waals surface area contributed by atoms with Gasteiger partial charge in [0.15, 0.2) is 0 Å². The predicted molar refractivity (Wildman–Crippen MR) is 157 cm³/mol. The van der Waals surface area contributed by atoms with Crippen LogP contribution in [0.2, 0.25) is 0 Å². The Morgan fingerprint density at radius 2 is 0.769 bits per heavy atom. The van der Waals surface area contributed by atoms with Gasteiger partial charge in [-0.3, -0.25) is 9.59 Å². The van der Waals surface area contributed by atoms with Crippen LogP contribution in [0.25, 0.3) is 0 Å². The highest BCUT2D eigenvalue weighted by molar-refractivity contribution is 5.78. The van der Waals surface area contributed by atoms with Crippen molar-refractivity contribution in [2.24, 2.45) is 0 Å². The number of hydrogen-bond donors (Lipinski definition) is 0. The van der Waals surface area contributed by atoms with Crippen LogP contribution in [-0.4, -0.2) is 71.2 Å². The molecule has 2 amide bonds. The number of ether oxygens (including phenoxy) is 2. The molecule has 4 fully saturated rings. The Morgan fingerprint density at radius 3 is 1.03 bits per heavy atom. The maximum absolute atomic E-state index is 13.4. The lowest BCUT2D eigenvalue weighted by Crippen LogP contribution is -2.50. The van der Waals surface area contributed by atoms with Gasteiger partial charge in [-0.1, -0.05) is 77.0 Å². The number of carbonyl (C=O) groups is 2. The molecular formula is C33H58N2O4. The Labute approximate surface area is 238 Å². The van der Waals surface area contributed by atoms with E-state index >= 15 is 0 Å². The van der Waals surface area contributed by atoms with Crippen LogP contribution in [-0.2, 0) is 19.1 Å². The number of carbonyl (C=O) groups excluding carboxylic acids is 2. The first-order chi connectivity index (χ1) is 19.0. The lowest BCUT2D eigenvalue weighted by Gasteiger charge is -2.42. The highest BCUT2D eigenvalue weighted by atomic mass is 16.5. The molecule has 4 rings (SSSR count). The summed E-state index contributed by atoms with van der Waals surface area (Å²) < 4.78 is 12.2. The van der Waals surface area contributed by atoms with Crippen LogP contribution in [0.1, 0.15) is 149 Å². The van der Waals surface area contributed by atoms with E-state index in [1.54, 1.807) is 0 Å². The van der Waals surface area contributed by atoms with E-state index in [1.807, 2.05) is 13.8 Å². The molecule has 0 spiro atoms. The zero-order chi connectivity index (χ0) is 27.5. The lowest BCUT2D eigenvalue weighted by atomic mass is 9.88. The summed E-state index contributed by atoms with van der Waals surface area (Å²) in [5.74, 6) is 0.361. The van der Waals surface area contributed by atoms with E-state index in [4.69, 9.17) is 9.47 Å². The third-order valence-corrected chi connectivity index (χ3v) is 10.1. The summed E-state index contributed by atoms with van der Waals surface area (Å²) in [5.41, 5.74) is 0. The Morgan fingerprint density at radius 1 is 0.513 bits per heavy atom. The Balaban J connectivity index is 1.23. The maximum Gasteiger partial charge on any atom is 0.249 e. The van der Waals surface area contributed by atoms with E-state index in [0.717, 1.165) is 51.4 Å². The fourth-order valence-electron chi connectivity index (χ4n) is 8.03. The van der Waals surface area contributed by atoms with Crippen molar-refractivity contribution in [2.45, 2.75) is 185 Å². The lowest BCUT2D eigenvalue weighted by molar-refractivity contribution is -0.147. The monoisotopic (exact) mass is 546 g/mol. The molecule has 0 bridgehead atoms. The molecule has 4 aliphatic carbocycles. The van der Waals surface area contributed by atoms with Crippen LogP contribution < -0.4 is 0 Å². The number of nitrogens with zero attached hydrogens (tertiary/aromatic N) is 2. The van der Waals surface area contributed by atoms with Crippen LogP contribution in [0.5, 0.6) is 0 Å². The second-order valence-electron chi connectivity index (χ2n) is 13.2. The summed E-state index contributed by atoms with van der Waals surface area (Å²) in [6, 6.07) is 1.60. The van der Waals surface area contributed by atoms with Gasteiger partial charge in [0.05, 0.1) is 12.2 Å². The van der Waals surface area contributed by atoms with Crippen molar-refractivity contribution >= 4 is 11.8 Å². The van der Waals surface area contributed by atoms with Gasteiger partial charge < -0.3 is 19.3 Å².